The van der Waals surface area contributed by atoms with Crippen LogP contribution >= 0.6 is 0 Å². The molecule has 0 bridgehead atoms. The molecule has 3 aliphatic rings. The van der Waals surface area contributed by atoms with Crippen LogP contribution in [-0.4, -0.2) is 47.3 Å². The van der Waals surface area contributed by atoms with Gasteiger partial charge in [0.2, 0.25) is 0 Å². The Kier molecular flexibility index (Phi) is 4.40. The Balaban J connectivity index is 1.61. The minimum absolute atomic E-state index is 0.0242. The molecule has 0 aromatic rings. The second kappa shape index (κ2) is 5.94. The van der Waals surface area contributed by atoms with Crippen molar-refractivity contribution in [3.8, 4) is 0 Å². The number of piperidine rings is 1. The molecule has 0 spiro atoms. The van der Waals surface area contributed by atoms with E-state index >= 15 is 0 Å². The first-order valence-electron chi connectivity index (χ1n) is 8.74. The molecule has 3 rings (SSSR count). The van der Waals surface area contributed by atoms with Crippen molar-refractivity contribution in [3.05, 3.63) is 0 Å². The number of nitrogens with one attached hydrogen (secondary N) is 1. The van der Waals surface area contributed by atoms with Crippen LogP contribution in [0.25, 0.3) is 0 Å². The predicted molar refractivity (Wildman–Crippen MR) is 82.7 cm³/mol. The molecule has 2 saturated carbocycles. The molecule has 0 amide bonds. The third kappa shape index (κ3) is 3.20. The monoisotopic (exact) mass is 280 g/mol. The van der Waals surface area contributed by atoms with Crippen molar-refractivity contribution in [1.29, 1.82) is 0 Å². The van der Waals surface area contributed by atoms with Crippen LogP contribution in [0.15, 0.2) is 0 Å². The summed E-state index contributed by atoms with van der Waals surface area (Å²) in [7, 11) is 0. The van der Waals surface area contributed by atoms with Gasteiger partial charge in [-0.15, -0.1) is 0 Å². The first-order valence-corrected chi connectivity index (χ1v) is 8.74. The summed E-state index contributed by atoms with van der Waals surface area (Å²) < 4.78 is 0. The van der Waals surface area contributed by atoms with Crippen LogP contribution in [0.4, 0.5) is 0 Å². The van der Waals surface area contributed by atoms with E-state index in [4.69, 9.17) is 0 Å². The summed E-state index contributed by atoms with van der Waals surface area (Å²) in [6.07, 6.45) is 8.88. The van der Waals surface area contributed by atoms with Gasteiger partial charge in [-0.1, -0.05) is 13.8 Å². The second-order valence-corrected chi connectivity index (χ2v) is 7.85. The molecule has 20 heavy (non-hydrogen) atoms. The number of hydrogen-bond donors (Lipinski definition) is 2. The van der Waals surface area contributed by atoms with Gasteiger partial charge >= 0.3 is 0 Å². The Bertz CT molecular complexity index is 331. The lowest BCUT2D eigenvalue weighted by Gasteiger charge is -2.47. The highest BCUT2D eigenvalue weighted by atomic mass is 16.3. The van der Waals surface area contributed by atoms with Crippen molar-refractivity contribution in [2.24, 2.45) is 11.8 Å². The standard InChI is InChI=1S/C17H32N2O/c1-13-7-9-19(11-14(13)2)16-4-3-8-17(10-16,12-20)18-15-5-6-15/h13-16,18,20H,3-12H2,1-2H3. The van der Waals surface area contributed by atoms with Crippen LogP contribution in [0, 0.1) is 11.8 Å². The van der Waals surface area contributed by atoms with E-state index in [1.165, 1.54) is 45.2 Å². The normalized spacial score (nSPS) is 43.6. The zero-order valence-corrected chi connectivity index (χ0v) is 13.3. The quantitative estimate of drug-likeness (QED) is 0.830. The molecule has 2 aliphatic carbocycles. The van der Waals surface area contributed by atoms with Crippen molar-refractivity contribution in [2.45, 2.75) is 76.4 Å². The molecule has 3 fully saturated rings. The molecule has 1 saturated heterocycles. The summed E-state index contributed by atoms with van der Waals surface area (Å²) in [4.78, 5) is 2.73. The largest absolute Gasteiger partial charge is 0.394 e. The average molecular weight is 280 g/mol. The first kappa shape index (κ1) is 14.8. The minimum atomic E-state index is 0.0242. The van der Waals surface area contributed by atoms with Crippen molar-refractivity contribution in [2.75, 3.05) is 19.7 Å². The lowest BCUT2D eigenvalue weighted by atomic mass is 9.77. The van der Waals surface area contributed by atoms with Crippen molar-refractivity contribution < 1.29 is 5.11 Å². The highest BCUT2D eigenvalue weighted by molar-refractivity contribution is 5.01. The summed E-state index contributed by atoms with van der Waals surface area (Å²) in [6.45, 7) is 7.65. The van der Waals surface area contributed by atoms with E-state index in [2.05, 4.69) is 24.1 Å². The highest BCUT2D eigenvalue weighted by Gasteiger charge is 2.42. The van der Waals surface area contributed by atoms with Crippen LogP contribution < -0.4 is 5.32 Å². The van der Waals surface area contributed by atoms with Gasteiger partial charge in [0.05, 0.1) is 6.61 Å². The third-order valence-electron chi connectivity index (χ3n) is 6.09. The van der Waals surface area contributed by atoms with Crippen molar-refractivity contribution >= 4 is 0 Å². The topological polar surface area (TPSA) is 35.5 Å². The lowest BCUT2D eigenvalue weighted by molar-refractivity contribution is 0.0282. The molecule has 116 valence electrons. The zero-order chi connectivity index (χ0) is 14.2. The molecule has 3 nitrogen and oxygen atoms in total. The predicted octanol–water partition coefficient (Wildman–Crippen LogP) is 2.39. The molecule has 4 unspecified atom stereocenters. The van der Waals surface area contributed by atoms with Gasteiger partial charge in [0, 0.05) is 24.2 Å². The molecule has 1 aliphatic heterocycles. The van der Waals surface area contributed by atoms with E-state index in [-0.39, 0.29) is 5.54 Å². The average Bonchev–Trinajstić information content (AvgIpc) is 3.26. The fourth-order valence-corrected chi connectivity index (χ4v) is 4.25. The SMILES string of the molecule is CC1CCN(C2CCCC(CO)(NC3CC3)C2)CC1C. The summed E-state index contributed by atoms with van der Waals surface area (Å²) in [5.41, 5.74) is 0.0242. The summed E-state index contributed by atoms with van der Waals surface area (Å²) in [5, 5.41) is 13.7. The first-order chi connectivity index (χ1) is 9.62. The number of aliphatic hydroxyl groups excluding tert-OH is 1. The van der Waals surface area contributed by atoms with E-state index < -0.39 is 0 Å². The van der Waals surface area contributed by atoms with Crippen LogP contribution in [0.1, 0.15) is 58.8 Å². The van der Waals surface area contributed by atoms with Gasteiger partial charge in [-0.25, -0.2) is 0 Å². The maximum atomic E-state index is 9.95. The Morgan fingerprint density at radius 1 is 1.15 bits per heavy atom. The van der Waals surface area contributed by atoms with Crippen LogP contribution in [-0.2, 0) is 0 Å². The zero-order valence-electron chi connectivity index (χ0n) is 13.3. The fourth-order valence-electron chi connectivity index (χ4n) is 4.25. The Hall–Kier alpha value is -0.120. The van der Waals surface area contributed by atoms with Crippen LogP contribution in [0.2, 0.25) is 0 Å². The summed E-state index contributed by atoms with van der Waals surface area (Å²) >= 11 is 0. The second-order valence-electron chi connectivity index (χ2n) is 7.85. The maximum Gasteiger partial charge on any atom is 0.0613 e. The smallest absolute Gasteiger partial charge is 0.0613 e. The van der Waals surface area contributed by atoms with E-state index in [1.54, 1.807) is 0 Å². The number of hydrogen-bond acceptors (Lipinski definition) is 3. The van der Waals surface area contributed by atoms with Crippen molar-refractivity contribution in [3.63, 3.8) is 0 Å². The number of rotatable bonds is 4. The van der Waals surface area contributed by atoms with Gasteiger partial charge in [0.25, 0.3) is 0 Å². The van der Waals surface area contributed by atoms with Crippen LogP contribution in [0.5, 0.6) is 0 Å². The van der Waals surface area contributed by atoms with Gasteiger partial charge in [0.1, 0.15) is 0 Å². The Morgan fingerprint density at radius 2 is 1.95 bits per heavy atom. The van der Waals surface area contributed by atoms with E-state index in [0.29, 0.717) is 18.7 Å². The minimum Gasteiger partial charge on any atom is -0.394 e. The summed E-state index contributed by atoms with van der Waals surface area (Å²) in [6, 6.07) is 1.39. The molecule has 4 atom stereocenters. The van der Waals surface area contributed by atoms with Gasteiger partial charge in [-0.05, 0) is 63.3 Å². The molecular formula is C17H32N2O. The maximum absolute atomic E-state index is 9.95. The van der Waals surface area contributed by atoms with Gasteiger partial charge in [-0.3, -0.25) is 0 Å². The molecule has 0 aromatic heterocycles. The van der Waals surface area contributed by atoms with E-state index in [9.17, 15) is 5.11 Å². The number of likely N-dealkylation sites (tertiary alicyclic amines) is 1. The lowest BCUT2D eigenvalue weighted by Crippen LogP contribution is -2.57. The van der Waals surface area contributed by atoms with Crippen LogP contribution in [0.3, 0.4) is 0 Å². The molecular weight excluding hydrogens is 248 g/mol. The van der Waals surface area contributed by atoms with Crippen molar-refractivity contribution in [1.82, 2.24) is 10.2 Å². The Morgan fingerprint density at radius 3 is 2.60 bits per heavy atom. The molecule has 0 radical (unpaired) electrons. The van der Waals surface area contributed by atoms with Gasteiger partial charge < -0.3 is 15.3 Å². The molecule has 2 N–H and O–H groups in total. The van der Waals surface area contributed by atoms with Gasteiger partial charge in [-0.2, -0.15) is 0 Å². The summed E-state index contributed by atoms with van der Waals surface area (Å²) in [5.74, 6) is 1.70. The highest BCUT2D eigenvalue weighted by Crippen LogP contribution is 2.36. The Labute approximate surface area is 124 Å². The van der Waals surface area contributed by atoms with Gasteiger partial charge in [0.15, 0.2) is 0 Å². The third-order valence-corrected chi connectivity index (χ3v) is 6.09. The molecule has 3 heteroatoms. The number of nitrogens with zero attached hydrogens (tertiary/aromatic N) is 1. The molecule has 0 aromatic carbocycles. The molecule has 1 heterocycles. The van der Waals surface area contributed by atoms with E-state index in [1.807, 2.05) is 0 Å². The van der Waals surface area contributed by atoms with E-state index in [0.717, 1.165) is 24.7 Å². The number of aliphatic hydroxyl groups is 1. The fraction of sp³-hybridized carbons (Fsp3) is 1.00.